The molecule has 0 aromatic rings. The average Bonchev–Trinajstić information content (AvgIpc) is 3.13. The summed E-state index contributed by atoms with van der Waals surface area (Å²) in [6, 6.07) is -0.771. The summed E-state index contributed by atoms with van der Waals surface area (Å²) in [5, 5.41) is 35.8. The molecule has 376 valence electrons. The number of ether oxygens (including phenoxy) is 6. The Morgan fingerprint density at radius 3 is 1.77 bits per heavy atom. The van der Waals surface area contributed by atoms with E-state index in [9.17, 15) is 20.1 Å². The third kappa shape index (κ3) is 14.0. The van der Waals surface area contributed by atoms with Gasteiger partial charge in [-0.05, 0) is 127 Å². The Kier molecular flexibility index (Phi) is 19.4. The molecule has 0 bridgehead atoms. The lowest BCUT2D eigenvalue weighted by Crippen LogP contribution is -2.65. The fourth-order valence-corrected chi connectivity index (χ4v) is 14.4. The van der Waals surface area contributed by atoms with E-state index in [4.69, 9.17) is 41.7 Å². The number of esters is 1. The number of carbonyl (C=O) groups is 2. The second-order valence-corrected chi connectivity index (χ2v) is 36.5. The van der Waals surface area contributed by atoms with Gasteiger partial charge in [-0.3, -0.25) is 9.59 Å². The van der Waals surface area contributed by atoms with Gasteiger partial charge in [0.15, 0.2) is 37.5 Å². The van der Waals surface area contributed by atoms with Gasteiger partial charge in [-0.25, -0.2) is 0 Å². The molecule has 0 aromatic heterocycles. The van der Waals surface area contributed by atoms with E-state index in [2.05, 4.69) is 58.9 Å². The van der Waals surface area contributed by atoms with Gasteiger partial charge in [0, 0.05) is 31.3 Å². The Balaban J connectivity index is 2.33. The minimum Gasteiger partial charge on any atom is -0.459 e. The van der Waals surface area contributed by atoms with E-state index in [0.29, 0.717) is 6.42 Å². The number of cyclic esters (lactones) is 1. The van der Waals surface area contributed by atoms with Gasteiger partial charge in [-0.15, -0.1) is 0 Å². The minimum atomic E-state index is -2.42. The number of methoxy groups -OCH3 is 1. The predicted octanol–water partition coefficient (Wildman–Crippen LogP) is 6.33. The predicted molar refractivity (Wildman–Crippen MR) is 254 cm³/mol. The third-order valence-electron chi connectivity index (χ3n) is 13.3. The van der Waals surface area contributed by atoms with Crippen LogP contribution in [0, 0.1) is 23.7 Å². The van der Waals surface area contributed by atoms with Crippen molar-refractivity contribution in [2.75, 3.05) is 21.2 Å². The lowest BCUT2D eigenvalue weighted by atomic mass is 9.74. The number of aliphatic hydroxyl groups excluding tert-OH is 2. The van der Waals surface area contributed by atoms with Crippen molar-refractivity contribution in [3.8, 4) is 0 Å². The first-order chi connectivity index (χ1) is 28.9. The molecule has 19 atom stereocenters. The number of rotatable bonds is 13. The highest BCUT2D eigenvalue weighted by molar-refractivity contribution is 6.70. The maximum atomic E-state index is 15.0. The molecule has 1 unspecified atom stereocenters. The molecule has 3 rings (SSSR count). The first-order valence-electron chi connectivity index (χ1n) is 23.7. The van der Waals surface area contributed by atoms with Gasteiger partial charge >= 0.3 is 5.97 Å². The molecule has 3 aliphatic rings. The topological polar surface area (TPSA) is 181 Å². The molecule has 3 aliphatic heterocycles. The molecule has 3 N–H and O–H groups in total. The highest BCUT2D eigenvalue weighted by Gasteiger charge is 2.57. The largest absolute Gasteiger partial charge is 0.459 e. The Labute approximate surface area is 389 Å². The van der Waals surface area contributed by atoms with Crippen LogP contribution in [0.25, 0.3) is 0 Å². The van der Waals surface area contributed by atoms with Crippen molar-refractivity contribution in [1.29, 1.82) is 0 Å². The van der Waals surface area contributed by atoms with E-state index in [1.165, 1.54) is 0 Å². The van der Waals surface area contributed by atoms with Crippen molar-refractivity contribution in [2.24, 2.45) is 23.7 Å². The van der Waals surface area contributed by atoms with Crippen LogP contribution in [0.3, 0.4) is 0 Å². The number of Topliss-reactive ketones (excluding diaryl/α,β-unsaturated/α-hetero) is 1. The zero-order valence-electron chi connectivity index (χ0n) is 43.6. The van der Waals surface area contributed by atoms with E-state index >= 15 is 4.79 Å². The van der Waals surface area contributed by atoms with E-state index in [1.54, 1.807) is 53.8 Å². The van der Waals surface area contributed by atoms with Crippen LogP contribution in [0.1, 0.15) is 88.5 Å². The highest BCUT2D eigenvalue weighted by Crippen LogP contribution is 2.43. The van der Waals surface area contributed by atoms with Crippen LogP contribution >= 0.6 is 0 Å². The van der Waals surface area contributed by atoms with Crippen LogP contribution < -0.4 is 0 Å². The van der Waals surface area contributed by atoms with E-state index in [0.717, 1.165) is 0 Å². The molecule has 0 aliphatic carbocycles. The second-order valence-electron chi connectivity index (χ2n) is 23.1. The summed E-state index contributed by atoms with van der Waals surface area (Å²) in [5.41, 5.74) is -3.87. The summed E-state index contributed by atoms with van der Waals surface area (Å²) in [6.45, 7) is 36.9. The molecule has 18 heteroatoms. The third-order valence-corrected chi connectivity index (χ3v) is 16.3. The molecule has 64 heavy (non-hydrogen) atoms. The summed E-state index contributed by atoms with van der Waals surface area (Å²) < 4.78 is 60.1. The van der Waals surface area contributed by atoms with Gasteiger partial charge in [0.05, 0.1) is 65.9 Å². The summed E-state index contributed by atoms with van der Waals surface area (Å²) in [5.74, 6) is -4.03. The number of hydrogen-bond donors (Lipinski definition) is 3. The Morgan fingerprint density at radius 1 is 0.734 bits per heavy atom. The number of likely N-dealkylation sites (N-methyl/N-ethyl adjacent to an activating group) is 1. The molecule has 3 fully saturated rings. The van der Waals surface area contributed by atoms with E-state index in [-0.39, 0.29) is 18.6 Å². The smallest absolute Gasteiger partial charge is 0.311 e. The van der Waals surface area contributed by atoms with Crippen molar-refractivity contribution in [3.63, 3.8) is 0 Å². The lowest BCUT2D eigenvalue weighted by Gasteiger charge is -2.51. The van der Waals surface area contributed by atoms with Crippen LogP contribution in [0.15, 0.2) is 0 Å². The highest BCUT2D eigenvalue weighted by atomic mass is 28.4. The SMILES string of the molecule is CC[C@H]1OC(=O)[C@H](C)[C@@H](O[C@H]2C[C@](C)(OC)[C@@H](O[Si](C)(C)C)[C@H](C)O2)[C@H](C)[C@@H](O[C@@H]2O[C@H](C)[C@@H](O)C(N(C)C)[C@H]2O)[C@](C)(O)C[C@@H](C)C(=O)[C@H](C)[C@@H](O[Si](C)(C)C)[C@]1(C)O[Si](C)(C)C. The minimum absolute atomic E-state index is 0.0638. The molecular formula is C46H91NO14Si3. The summed E-state index contributed by atoms with van der Waals surface area (Å²) in [6.07, 6.45) is -9.60. The maximum Gasteiger partial charge on any atom is 0.311 e. The number of nitrogens with zero attached hydrogens (tertiary/aromatic N) is 1. The van der Waals surface area contributed by atoms with Gasteiger partial charge in [0.25, 0.3) is 0 Å². The zero-order valence-corrected chi connectivity index (χ0v) is 46.6. The molecule has 0 amide bonds. The molecule has 0 saturated carbocycles. The molecule has 0 aromatic carbocycles. The van der Waals surface area contributed by atoms with Crippen molar-refractivity contribution >= 4 is 36.7 Å². The van der Waals surface area contributed by atoms with Crippen LogP contribution in [0.4, 0.5) is 0 Å². The van der Waals surface area contributed by atoms with E-state index in [1.807, 2.05) is 41.5 Å². The molecule has 15 nitrogen and oxygen atoms in total. The molecule has 3 heterocycles. The Bertz CT molecular complexity index is 1540. The quantitative estimate of drug-likeness (QED) is 0.138. The number of carbonyl (C=O) groups excluding carboxylic acids is 2. The fourth-order valence-electron chi connectivity index (χ4n) is 10.4. The second kappa shape index (κ2) is 21.5. The van der Waals surface area contributed by atoms with Crippen molar-refractivity contribution in [2.45, 2.75) is 238 Å². The number of ketones is 1. The average molecular weight is 966 g/mol. The molecule has 0 radical (unpaired) electrons. The zero-order chi connectivity index (χ0) is 49.5. The van der Waals surface area contributed by atoms with Gasteiger partial charge in [0.2, 0.25) is 0 Å². The summed E-state index contributed by atoms with van der Waals surface area (Å²) >= 11 is 0. The first kappa shape index (κ1) is 57.6. The standard InChI is InChI=1S/C46H91NO14Si3/c1-23-32-46(10,61-64(20,21)22)40(59-62(14,15)16)27(3)35(48)26(2)24-44(8,52)39(58-43-37(50)34(47(11)12)36(49)30(6)55-43)28(4)38(29(5)42(51)56-32)57-33-25-45(9,53-13)41(31(7)54-33)60-63(17,18)19/h26-34,36-41,43,49-50,52H,23-25H2,1-22H3/t26-,27+,28+,29-,30-,31+,32-,33+,34?,36-,37-,38+,39-,40-,41+,43+,44-,45+,46-/m1/s1. The van der Waals surface area contributed by atoms with Crippen LogP contribution in [-0.2, 0) is 51.3 Å². The van der Waals surface area contributed by atoms with Crippen molar-refractivity contribution in [3.05, 3.63) is 0 Å². The van der Waals surface area contributed by atoms with Crippen LogP contribution in [0.5, 0.6) is 0 Å². The van der Waals surface area contributed by atoms with E-state index < -0.39 is 145 Å². The van der Waals surface area contributed by atoms with Crippen LogP contribution in [0.2, 0.25) is 58.9 Å². The Morgan fingerprint density at radius 2 is 1.28 bits per heavy atom. The first-order valence-corrected chi connectivity index (χ1v) is 33.9. The van der Waals surface area contributed by atoms with Gasteiger partial charge in [-0.1, -0.05) is 27.7 Å². The number of aliphatic hydroxyl groups is 3. The lowest BCUT2D eigenvalue weighted by molar-refractivity contribution is -0.326. The summed E-state index contributed by atoms with van der Waals surface area (Å²) in [7, 11) is -1.75. The van der Waals surface area contributed by atoms with Gasteiger partial charge in [0.1, 0.15) is 23.6 Å². The molecule has 0 spiro atoms. The van der Waals surface area contributed by atoms with Crippen LogP contribution in [-0.4, -0.2) is 168 Å². The molecule has 3 saturated heterocycles. The fraction of sp³-hybridized carbons (Fsp3) is 0.957. The van der Waals surface area contributed by atoms with Crippen molar-refractivity contribution < 1.29 is 66.6 Å². The van der Waals surface area contributed by atoms with Gasteiger partial charge < -0.3 is 61.9 Å². The number of hydrogen-bond acceptors (Lipinski definition) is 15. The Hall–Kier alpha value is -0.689. The van der Waals surface area contributed by atoms with Gasteiger partial charge in [-0.2, -0.15) is 0 Å². The maximum absolute atomic E-state index is 15.0. The van der Waals surface area contributed by atoms with Crippen molar-refractivity contribution in [1.82, 2.24) is 4.90 Å². The molecular weight excluding hydrogens is 875 g/mol. The monoisotopic (exact) mass is 966 g/mol. The summed E-state index contributed by atoms with van der Waals surface area (Å²) in [4.78, 5) is 31.7. The normalized spacial score (nSPS) is 44.1.